The van der Waals surface area contributed by atoms with Gasteiger partial charge >= 0.3 is 0 Å². The molecule has 0 saturated heterocycles. The number of hydrogen-bond acceptors (Lipinski definition) is 3. The van der Waals surface area contributed by atoms with Gasteiger partial charge in [0.15, 0.2) is 0 Å². The molecule has 0 bridgehead atoms. The van der Waals surface area contributed by atoms with Crippen LogP contribution in [-0.4, -0.2) is 37.4 Å². The van der Waals surface area contributed by atoms with Gasteiger partial charge in [0.05, 0.1) is 24.4 Å². The normalized spacial score (nSPS) is 10.6. The van der Waals surface area contributed by atoms with Gasteiger partial charge in [0.1, 0.15) is 5.75 Å². The number of carbonyl (C=O) groups excluding carboxylic acids is 2. The number of amides is 2. The fraction of sp³-hybridized carbons (Fsp3) is 0.158. The largest absolute Gasteiger partial charge is 0.496 e. The molecule has 0 aliphatic heterocycles. The lowest BCUT2D eigenvalue weighted by molar-refractivity contribution is -0.129. The number of hydrogen-bond donors (Lipinski definition) is 1. The molecule has 7 heteroatoms. The van der Waals surface area contributed by atoms with Crippen LogP contribution in [0.2, 0.25) is 5.02 Å². The molecule has 2 aromatic rings. The van der Waals surface area contributed by atoms with Crippen molar-refractivity contribution >= 4 is 51.1 Å². The highest BCUT2D eigenvalue weighted by Crippen LogP contribution is 2.24. The first kappa shape index (κ1) is 20.0. The zero-order chi connectivity index (χ0) is 19.1. The number of nitrogens with zero attached hydrogens (tertiary/aromatic N) is 1. The summed E-state index contributed by atoms with van der Waals surface area (Å²) in [6.07, 6.45) is 3.04. The molecule has 2 aromatic carbocycles. The summed E-state index contributed by atoms with van der Waals surface area (Å²) in [6, 6.07) is 12.4. The standard InChI is InChI=1S/C19H18BrClN2O3/c1-23(12-18(24)22-16-6-4-3-5-15(16)21)19(25)10-7-13-11-14(20)8-9-17(13)26-2/h3-11H,12H2,1-2H3,(H,22,24)/b10-7+. The van der Waals surface area contributed by atoms with Crippen molar-refractivity contribution in [2.75, 3.05) is 26.0 Å². The predicted molar refractivity (Wildman–Crippen MR) is 107 cm³/mol. The molecule has 0 aliphatic rings. The maximum absolute atomic E-state index is 12.2. The molecular formula is C19H18BrClN2O3. The van der Waals surface area contributed by atoms with E-state index in [1.165, 1.54) is 11.0 Å². The topological polar surface area (TPSA) is 58.6 Å². The number of likely N-dealkylation sites (N-methyl/N-ethyl adjacent to an activating group) is 1. The van der Waals surface area contributed by atoms with Gasteiger partial charge < -0.3 is 15.0 Å². The Morgan fingerprint density at radius 2 is 2.00 bits per heavy atom. The molecule has 2 amide bonds. The molecule has 0 heterocycles. The van der Waals surface area contributed by atoms with Crippen LogP contribution in [0.4, 0.5) is 5.69 Å². The van der Waals surface area contributed by atoms with Gasteiger partial charge in [-0.25, -0.2) is 0 Å². The van der Waals surface area contributed by atoms with E-state index in [4.69, 9.17) is 16.3 Å². The fourth-order valence-corrected chi connectivity index (χ4v) is 2.73. The summed E-state index contributed by atoms with van der Waals surface area (Å²) in [7, 11) is 3.12. The molecule has 0 fully saturated rings. The second-order valence-electron chi connectivity index (χ2n) is 5.44. The fourth-order valence-electron chi connectivity index (χ4n) is 2.17. The number of rotatable bonds is 6. The van der Waals surface area contributed by atoms with Crippen molar-refractivity contribution in [1.29, 1.82) is 0 Å². The first-order valence-corrected chi connectivity index (χ1v) is 8.89. The highest BCUT2D eigenvalue weighted by molar-refractivity contribution is 9.10. The summed E-state index contributed by atoms with van der Waals surface area (Å²) < 4.78 is 6.13. The Balaban J connectivity index is 1.98. The van der Waals surface area contributed by atoms with E-state index in [2.05, 4.69) is 21.2 Å². The number of methoxy groups -OCH3 is 1. The number of ether oxygens (including phenoxy) is 1. The van der Waals surface area contributed by atoms with Gasteiger partial charge in [0.2, 0.25) is 11.8 Å². The molecule has 0 unspecified atom stereocenters. The number of benzene rings is 2. The van der Waals surface area contributed by atoms with Crippen molar-refractivity contribution in [3.8, 4) is 5.75 Å². The van der Waals surface area contributed by atoms with E-state index in [0.717, 1.165) is 10.0 Å². The summed E-state index contributed by atoms with van der Waals surface area (Å²) >= 11 is 9.39. The first-order chi connectivity index (χ1) is 12.4. The molecule has 0 atom stereocenters. The average molecular weight is 438 g/mol. The molecule has 2 rings (SSSR count). The number of para-hydroxylation sites is 1. The smallest absolute Gasteiger partial charge is 0.246 e. The molecule has 0 saturated carbocycles. The summed E-state index contributed by atoms with van der Waals surface area (Å²) in [5.41, 5.74) is 1.26. The number of carbonyl (C=O) groups is 2. The van der Waals surface area contributed by atoms with Crippen LogP contribution in [0.1, 0.15) is 5.56 Å². The highest BCUT2D eigenvalue weighted by atomic mass is 79.9. The Kier molecular flexibility index (Phi) is 7.24. The summed E-state index contributed by atoms with van der Waals surface area (Å²) in [5.74, 6) is 0.0140. The molecule has 5 nitrogen and oxygen atoms in total. The molecule has 136 valence electrons. The Labute approximate surface area is 165 Å². The number of nitrogens with one attached hydrogen (secondary N) is 1. The van der Waals surface area contributed by atoms with Crippen molar-refractivity contribution in [3.63, 3.8) is 0 Å². The molecule has 0 spiro atoms. The Hall–Kier alpha value is -2.31. The second-order valence-corrected chi connectivity index (χ2v) is 6.76. The van der Waals surface area contributed by atoms with Crippen LogP contribution in [0.5, 0.6) is 5.75 Å². The maximum atomic E-state index is 12.2. The lowest BCUT2D eigenvalue weighted by Crippen LogP contribution is -2.33. The van der Waals surface area contributed by atoms with Crippen molar-refractivity contribution in [2.45, 2.75) is 0 Å². The molecule has 0 radical (unpaired) electrons. The minimum absolute atomic E-state index is 0.0932. The van der Waals surface area contributed by atoms with Crippen LogP contribution in [0.25, 0.3) is 6.08 Å². The van der Waals surface area contributed by atoms with Gasteiger partial charge in [-0.15, -0.1) is 0 Å². The zero-order valence-corrected chi connectivity index (χ0v) is 16.7. The quantitative estimate of drug-likeness (QED) is 0.688. The van der Waals surface area contributed by atoms with E-state index in [1.807, 2.05) is 12.1 Å². The summed E-state index contributed by atoms with van der Waals surface area (Å²) in [4.78, 5) is 25.6. The highest BCUT2D eigenvalue weighted by Gasteiger charge is 2.12. The summed E-state index contributed by atoms with van der Waals surface area (Å²) in [5, 5.41) is 3.12. The number of halogens is 2. The lowest BCUT2D eigenvalue weighted by atomic mass is 10.2. The Bertz CT molecular complexity index is 839. The van der Waals surface area contributed by atoms with Crippen molar-refractivity contribution in [3.05, 3.63) is 63.6 Å². The van der Waals surface area contributed by atoms with Crippen molar-refractivity contribution in [2.24, 2.45) is 0 Å². The molecule has 26 heavy (non-hydrogen) atoms. The number of anilines is 1. The van der Waals surface area contributed by atoms with Gasteiger partial charge in [-0.2, -0.15) is 0 Å². The predicted octanol–water partition coefficient (Wildman–Crippen LogP) is 4.22. The van der Waals surface area contributed by atoms with Crippen molar-refractivity contribution in [1.82, 2.24) is 4.90 Å². The monoisotopic (exact) mass is 436 g/mol. The van der Waals surface area contributed by atoms with E-state index in [9.17, 15) is 9.59 Å². The van der Waals surface area contributed by atoms with Crippen molar-refractivity contribution < 1.29 is 14.3 Å². The average Bonchev–Trinajstić information content (AvgIpc) is 2.61. The molecule has 0 aliphatic carbocycles. The van der Waals surface area contributed by atoms with E-state index >= 15 is 0 Å². The van der Waals surface area contributed by atoms with E-state index in [1.54, 1.807) is 50.6 Å². The third-order valence-electron chi connectivity index (χ3n) is 3.50. The van der Waals surface area contributed by atoms with Crippen LogP contribution in [0.15, 0.2) is 53.0 Å². The third kappa shape index (κ3) is 5.61. The van der Waals surface area contributed by atoms with Gasteiger partial charge in [-0.05, 0) is 36.4 Å². The van der Waals surface area contributed by atoms with Gasteiger partial charge in [-0.3, -0.25) is 9.59 Å². The maximum Gasteiger partial charge on any atom is 0.246 e. The van der Waals surface area contributed by atoms with Gasteiger partial charge in [0, 0.05) is 23.2 Å². The second kappa shape index (κ2) is 9.40. The minimum atomic E-state index is -0.331. The summed E-state index contributed by atoms with van der Waals surface area (Å²) in [6.45, 7) is -0.0932. The molecule has 0 aromatic heterocycles. The van der Waals surface area contributed by atoms with E-state index in [0.29, 0.717) is 16.5 Å². The van der Waals surface area contributed by atoms with Gasteiger partial charge in [-0.1, -0.05) is 39.7 Å². The van der Waals surface area contributed by atoms with Crippen LogP contribution >= 0.6 is 27.5 Å². The SMILES string of the molecule is COc1ccc(Br)cc1/C=C/C(=O)N(C)CC(=O)Nc1ccccc1Cl. The Morgan fingerprint density at radius 3 is 2.69 bits per heavy atom. The van der Waals surface area contributed by atoms with E-state index in [-0.39, 0.29) is 18.4 Å². The zero-order valence-electron chi connectivity index (χ0n) is 14.3. The Morgan fingerprint density at radius 1 is 1.27 bits per heavy atom. The van der Waals surface area contributed by atoms with Crippen LogP contribution in [0.3, 0.4) is 0 Å². The van der Waals surface area contributed by atoms with Crippen LogP contribution in [0, 0.1) is 0 Å². The van der Waals surface area contributed by atoms with Crippen LogP contribution < -0.4 is 10.1 Å². The third-order valence-corrected chi connectivity index (χ3v) is 4.33. The van der Waals surface area contributed by atoms with E-state index < -0.39 is 0 Å². The lowest BCUT2D eigenvalue weighted by Gasteiger charge is -2.15. The molecule has 1 N–H and O–H groups in total. The molecular weight excluding hydrogens is 420 g/mol. The minimum Gasteiger partial charge on any atom is -0.496 e. The first-order valence-electron chi connectivity index (χ1n) is 7.72. The van der Waals surface area contributed by atoms with Gasteiger partial charge in [0.25, 0.3) is 0 Å². The van der Waals surface area contributed by atoms with Crippen LogP contribution in [-0.2, 0) is 9.59 Å².